The minimum Gasteiger partial charge on any atom is -0.497 e. The van der Waals surface area contributed by atoms with Crippen LogP contribution in [0.2, 0.25) is 0 Å². The Bertz CT molecular complexity index is 827. The molecule has 0 aliphatic heterocycles. The van der Waals surface area contributed by atoms with Crippen LogP contribution in [0.1, 0.15) is 23.6 Å². The zero-order chi connectivity index (χ0) is 18.7. The maximum Gasteiger partial charge on any atom is 0.240 e. The molecule has 0 bridgehead atoms. The minimum absolute atomic E-state index is 0.0751. The highest BCUT2D eigenvalue weighted by Gasteiger charge is 2.25. The number of methoxy groups -OCH3 is 1. The number of aryl methyl sites for hydroxylation is 2. The molecular weight excluding hydrogens is 338 g/mol. The predicted octanol–water partition coefficient (Wildman–Crippen LogP) is 2.58. The van der Waals surface area contributed by atoms with Gasteiger partial charge in [-0.05, 0) is 61.7 Å². The van der Waals surface area contributed by atoms with Gasteiger partial charge in [-0.15, -0.1) is 0 Å². The van der Waals surface area contributed by atoms with Gasteiger partial charge in [-0.2, -0.15) is 0 Å². The van der Waals surface area contributed by atoms with Crippen LogP contribution in [0.25, 0.3) is 0 Å². The van der Waals surface area contributed by atoms with Crippen LogP contribution in [-0.4, -0.2) is 32.8 Å². The van der Waals surface area contributed by atoms with Crippen LogP contribution < -0.4 is 9.46 Å². The zero-order valence-corrected chi connectivity index (χ0v) is 15.9. The fourth-order valence-corrected chi connectivity index (χ4v) is 3.71. The summed E-state index contributed by atoms with van der Waals surface area (Å²) in [7, 11) is -2.08. The highest BCUT2D eigenvalue weighted by atomic mass is 32.2. The van der Waals surface area contributed by atoms with Crippen LogP contribution in [0.4, 0.5) is 0 Å². The van der Waals surface area contributed by atoms with Crippen molar-refractivity contribution in [1.29, 1.82) is 0 Å². The fourth-order valence-electron chi connectivity index (χ4n) is 2.46. The van der Waals surface area contributed by atoms with Gasteiger partial charge < -0.3 is 9.84 Å². The Morgan fingerprint density at radius 1 is 1.08 bits per heavy atom. The van der Waals surface area contributed by atoms with Crippen LogP contribution in [0.15, 0.2) is 47.4 Å². The lowest BCUT2D eigenvalue weighted by Crippen LogP contribution is -2.42. The molecule has 25 heavy (non-hydrogen) atoms. The fraction of sp³-hybridized carbons (Fsp3) is 0.368. The number of ether oxygens (including phenoxy) is 1. The molecule has 2 N–H and O–H groups in total. The quantitative estimate of drug-likeness (QED) is 0.793. The number of aliphatic hydroxyl groups is 1. The number of hydrogen-bond acceptors (Lipinski definition) is 4. The molecule has 2 aromatic rings. The minimum atomic E-state index is -3.67. The Labute approximate surface area is 149 Å². The second-order valence-corrected chi connectivity index (χ2v) is 8.36. The van der Waals surface area contributed by atoms with Gasteiger partial charge in [-0.1, -0.05) is 18.2 Å². The largest absolute Gasteiger partial charge is 0.497 e. The molecule has 1 unspecified atom stereocenters. The van der Waals surface area contributed by atoms with Crippen molar-refractivity contribution in [2.45, 2.75) is 37.7 Å². The van der Waals surface area contributed by atoms with Crippen LogP contribution in [0, 0.1) is 13.8 Å². The maximum absolute atomic E-state index is 12.4. The van der Waals surface area contributed by atoms with E-state index in [0.717, 1.165) is 22.4 Å². The van der Waals surface area contributed by atoms with Crippen LogP contribution in [0.3, 0.4) is 0 Å². The summed E-state index contributed by atoms with van der Waals surface area (Å²) in [6.45, 7) is 5.33. The summed E-state index contributed by atoms with van der Waals surface area (Å²) < 4.78 is 32.5. The van der Waals surface area contributed by atoms with E-state index in [9.17, 15) is 13.5 Å². The maximum atomic E-state index is 12.4. The first kappa shape index (κ1) is 19.4. The van der Waals surface area contributed by atoms with E-state index in [4.69, 9.17) is 4.74 Å². The highest BCUT2D eigenvalue weighted by molar-refractivity contribution is 7.89. The van der Waals surface area contributed by atoms with Crippen LogP contribution in [0.5, 0.6) is 5.75 Å². The molecule has 0 aliphatic rings. The molecule has 0 saturated carbocycles. The molecule has 2 aromatic carbocycles. The van der Waals surface area contributed by atoms with Crippen molar-refractivity contribution in [2.24, 2.45) is 0 Å². The molecule has 136 valence electrons. The van der Waals surface area contributed by atoms with E-state index in [1.165, 1.54) is 0 Å². The molecule has 0 saturated heterocycles. The molecule has 0 spiro atoms. The molecule has 0 amide bonds. The Morgan fingerprint density at radius 2 is 1.72 bits per heavy atom. The third-order valence-electron chi connectivity index (χ3n) is 4.18. The highest BCUT2D eigenvalue weighted by Crippen LogP contribution is 2.18. The zero-order valence-electron chi connectivity index (χ0n) is 15.0. The third-order valence-corrected chi connectivity index (χ3v) is 5.57. The van der Waals surface area contributed by atoms with Crippen molar-refractivity contribution >= 4 is 10.0 Å². The van der Waals surface area contributed by atoms with Crippen LogP contribution >= 0.6 is 0 Å². The molecule has 1 atom stereocenters. The van der Waals surface area contributed by atoms with Crippen molar-refractivity contribution in [2.75, 3.05) is 13.7 Å². The molecule has 0 aliphatic carbocycles. The van der Waals surface area contributed by atoms with E-state index < -0.39 is 15.6 Å². The van der Waals surface area contributed by atoms with Gasteiger partial charge in [-0.3, -0.25) is 0 Å². The number of nitrogens with one attached hydrogen (secondary N) is 1. The second kappa shape index (κ2) is 7.56. The first-order valence-corrected chi connectivity index (χ1v) is 9.53. The average molecular weight is 363 g/mol. The van der Waals surface area contributed by atoms with E-state index in [-0.39, 0.29) is 11.4 Å². The topological polar surface area (TPSA) is 75.6 Å². The lowest BCUT2D eigenvalue weighted by molar-refractivity contribution is 0.0657. The summed E-state index contributed by atoms with van der Waals surface area (Å²) >= 11 is 0. The Kier molecular flexibility index (Phi) is 5.87. The summed E-state index contributed by atoms with van der Waals surface area (Å²) in [5, 5.41) is 10.5. The van der Waals surface area contributed by atoms with E-state index in [1.54, 1.807) is 32.2 Å². The third kappa shape index (κ3) is 5.29. The molecule has 6 heteroatoms. The van der Waals surface area contributed by atoms with E-state index >= 15 is 0 Å². The standard InChI is InChI=1S/C19H25NO4S/c1-14-5-10-18(11-15(14)2)25(22,23)20-13-19(3,21)12-16-6-8-17(24-4)9-7-16/h5-11,20-21H,12-13H2,1-4H3. The number of rotatable bonds is 7. The molecule has 2 rings (SSSR count). The first-order chi connectivity index (χ1) is 11.6. The SMILES string of the molecule is COc1ccc(CC(C)(O)CNS(=O)(=O)c2ccc(C)c(C)c2)cc1. The second-order valence-electron chi connectivity index (χ2n) is 6.59. The van der Waals surface area contributed by atoms with Crippen molar-refractivity contribution in [3.63, 3.8) is 0 Å². The first-order valence-electron chi connectivity index (χ1n) is 8.05. The molecule has 0 heterocycles. The Hall–Kier alpha value is -1.89. The summed E-state index contributed by atoms with van der Waals surface area (Å²) in [6.07, 6.45) is 0.326. The van der Waals surface area contributed by atoms with Gasteiger partial charge in [-0.25, -0.2) is 13.1 Å². The van der Waals surface area contributed by atoms with Crippen molar-refractivity contribution in [3.05, 3.63) is 59.2 Å². The Morgan fingerprint density at radius 3 is 2.28 bits per heavy atom. The molecule has 0 aromatic heterocycles. The van der Waals surface area contributed by atoms with Gasteiger partial charge in [0.15, 0.2) is 0 Å². The lowest BCUT2D eigenvalue weighted by atomic mass is 9.97. The van der Waals surface area contributed by atoms with Gasteiger partial charge in [0.1, 0.15) is 5.75 Å². The van der Waals surface area contributed by atoms with Crippen molar-refractivity contribution in [1.82, 2.24) is 4.72 Å². The van der Waals surface area contributed by atoms with Gasteiger partial charge in [0.2, 0.25) is 10.0 Å². The van der Waals surface area contributed by atoms with Crippen molar-refractivity contribution < 1.29 is 18.3 Å². The molecule has 0 fully saturated rings. The van der Waals surface area contributed by atoms with Gasteiger partial charge in [0.05, 0.1) is 17.6 Å². The summed E-state index contributed by atoms with van der Waals surface area (Å²) in [6, 6.07) is 12.3. The van der Waals surface area contributed by atoms with Gasteiger partial charge >= 0.3 is 0 Å². The van der Waals surface area contributed by atoms with Gasteiger partial charge in [0.25, 0.3) is 0 Å². The summed E-state index contributed by atoms with van der Waals surface area (Å²) in [5.41, 5.74) is 1.64. The van der Waals surface area contributed by atoms with E-state index in [1.807, 2.05) is 38.1 Å². The Balaban J connectivity index is 2.05. The molecule has 0 radical (unpaired) electrons. The van der Waals surface area contributed by atoms with E-state index in [0.29, 0.717) is 6.42 Å². The predicted molar refractivity (Wildman–Crippen MR) is 98.4 cm³/mol. The van der Waals surface area contributed by atoms with Crippen molar-refractivity contribution in [3.8, 4) is 5.75 Å². The summed E-state index contributed by atoms with van der Waals surface area (Å²) in [5.74, 6) is 0.735. The van der Waals surface area contributed by atoms with Crippen LogP contribution in [-0.2, 0) is 16.4 Å². The normalized spacial score (nSPS) is 14.1. The average Bonchev–Trinajstić information content (AvgIpc) is 2.56. The van der Waals surface area contributed by atoms with Gasteiger partial charge in [0, 0.05) is 13.0 Å². The summed E-state index contributed by atoms with van der Waals surface area (Å²) in [4.78, 5) is 0.204. The molecule has 5 nitrogen and oxygen atoms in total. The van der Waals surface area contributed by atoms with E-state index in [2.05, 4.69) is 4.72 Å². The monoisotopic (exact) mass is 363 g/mol. The lowest BCUT2D eigenvalue weighted by Gasteiger charge is -2.24. The molecular formula is C19H25NO4S. The number of hydrogen-bond donors (Lipinski definition) is 2. The smallest absolute Gasteiger partial charge is 0.240 e. The number of benzene rings is 2. The number of sulfonamides is 1.